The summed E-state index contributed by atoms with van der Waals surface area (Å²) in [5.41, 5.74) is -0.871. The molecule has 0 aromatic rings. The van der Waals surface area contributed by atoms with E-state index in [9.17, 15) is 10.1 Å². The smallest absolute Gasteiger partial charge is 0.240 e. The number of carbonyl (C=O) groups excluding carboxylic acids is 1. The molecule has 102 valence electrons. The van der Waals surface area contributed by atoms with E-state index in [4.69, 9.17) is 4.74 Å². The number of hydrogen-bond acceptors (Lipinski definition) is 4. The number of nitrogens with zero attached hydrogens (tertiary/aromatic N) is 1. The molecule has 0 aromatic carbocycles. The summed E-state index contributed by atoms with van der Waals surface area (Å²) in [5, 5.41) is 12.2. The summed E-state index contributed by atoms with van der Waals surface area (Å²) in [6, 6.07) is 2.32. The molecule has 1 heterocycles. The van der Waals surface area contributed by atoms with E-state index in [2.05, 4.69) is 18.3 Å². The van der Waals surface area contributed by atoms with E-state index in [1.54, 1.807) is 0 Å². The average molecular weight is 270 g/mol. The zero-order valence-electron chi connectivity index (χ0n) is 11.2. The molecule has 1 aliphatic heterocycles. The van der Waals surface area contributed by atoms with Gasteiger partial charge in [-0.05, 0) is 37.7 Å². The van der Waals surface area contributed by atoms with Crippen LogP contribution in [0.5, 0.6) is 0 Å². The van der Waals surface area contributed by atoms with Gasteiger partial charge in [0.15, 0.2) is 0 Å². The molecule has 0 aliphatic carbocycles. The molecule has 5 heteroatoms. The third-order valence-corrected chi connectivity index (χ3v) is 4.20. The first kappa shape index (κ1) is 15.3. The van der Waals surface area contributed by atoms with Gasteiger partial charge in [0.05, 0.1) is 6.07 Å². The lowest BCUT2D eigenvalue weighted by Gasteiger charge is -2.30. The van der Waals surface area contributed by atoms with E-state index < -0.39 is 5.41 Å². The summed E-state index contributed by atoms with van der Waals surface area (Å²) < 4.78 is 5.23. The molecule has 0 bridgehead atoms. The number of ether oxygens (including phenoxy) is 1. The number of hydrogen-bond donors (Lipinski definition) is 1. The van der Waals surface area contributed by atoms with Crippen molar-refractivity contribution in [1.29, 1.82) is 5.26 Å². The molecule has 4 nitrogen and oxygen atoms in total. The Kier molecular flexibility index (Phi) is 6.51. The lowest BCUT2D eigenvalue weighted by Crippen LogP contribution is -2.46. The molecule has 1 atom stereocenters. The van der Waals surface area contributed by atoms with Gasteiger partial charge < -0.3 is 10.1 Å². The zero-order valence-corrected chi connectivity index (χ0v) is 12.0. The number of amides is 1. The summed E-state index contributed by atoms with van der Waals surface area (Å²) in [6.07, 6.45) is 1.96. The lowest BCUT2D eigenvalue weighted by molar-refractivity contribution is -0.133. The summed E-state index contributed by atoms with van der Waals surface area (Å²) in [6.45, 7) is 5.13. The van der Waals surface area contributed by atoms with Gasteiger partial charge in [-0.1, -0.05) is 6.92 Å². The third kappa shape index (κ3) is 4.18. The second kappa shape index (κ2) is 7.65. The van der Waals surface area contributed by atoms with Crippen LogP contribution in [-0.2, 0) is 9.53 Å². The van der Waals surface area contributed by atoms with Gasteiger partial charge in [0, 0.05) is 19.3 Å². The Morgan fingerprint density at radius 1 is 1.56 bits per heavy atom. The zero-order chi connectivity index (χ0) is 13.4. The second-order valence-electron chi connectivity index (χ2n) is 4.67. The molecule has 0 aromatic heterocycles. The molecule has 1 amide bonds. The molecule has 0 saturated carbocycles. The number of nitrogens with one attached hydrogen (secondary N) is 1. The summed E-state index contributed by atoms with van der Waals surface area (Å²) in [5.74, 6) is 2.02. The van der Waals surface area contributed by atoms with Gasteiger partial charge in [0.25, 0.3) is 0 Å². The highest BCUT2D eigenvalue weighted by molar-refractivity contribution is 7.99. The van der Waals surface area contributed by atoms with Crippen molar-refractivity contribution in [1.82, 2.24) is 5.32 Å². The minimum absolute atomic E-state index is 0.123. The molecule has 1 N–H and O–H groups in total. The molecule has 1 aliphatic rings. The van der Waals surface area contributed by atoms with E-state index in [-0.39, 0.29) is 11.9 Å². The van der Waals surface area contributed by atoms with Crippen LogP contribution >= 0.6 is 11.8 Å². The van der Waals surface area contributed by atoms with Crippen molar-refractivity contribution < 1.29 is 9.53 Å². The topological polar surface area (TPSA) is 62.1 Å². The number of thioether (sulfide) groups is 1. The van der Waals surface area contributed by atoms with Crippen molar-refractivity contribution >= 4 is 17.7 Å². The first-order valence-electron chi connectivity index (χ1n) is 6.52. The molecule has 1 rings (SSSR count). The first-order valence-corrected chi connectivity index (χ1v) is 7.68. The Hall–Kier alpha value is -0.730. The van der Waals surface area contributed by atoms with E-state index in [1.165, 1.54) is 0 Å². The molecule has 1 saturated heterocycles. The van der Waals surface area contributed by atoms with Crippen LogP contribution in [0.1, 0.15) is 33.1 Å². The van der Waals surface area contributed by atoms with Crippen molar-refractivity contribution in [3.63, 3.8) is 0 Å². The normalized spacial score (nSPS) is 19.8. The van der Waals surface area contributed by atoms with Gasteiger partial charge in [0.2, 0.25) is 5.91 Å². The van der Waals surface area contributed by atoms with Gasteiger partial charge in [-0.3, -0.25) is 4.79 Å². The first-order chi connectivity index (χ1) is 8.64. The van der Waals surface area contributed by atoms with E-state index >= 15 is 0 Å². The fourth-order valence-electron chi connectivity index (χ4n) is 1.95. The highest BCUT2D eigenvalue weighted by Crippen LogP contribution is 2.30. The lowest BCUT2D eigenvalue weighted by atomic mass is 9.80. The fraction of sp³-hybridized carbons (Fsp3) is 0.846. The SMILES string of the molecule is CCSCCC(C)NC(=O)C1(C#N)CCOCC1. The number of rotatable bonds is 6. The molecule has 1 unspecified atom stereocenters. The standard InChI is InChI=1S/C13H22N2O2S/c1-3-18-9-4-11(2)15-12(16)13(10-14)5-7-17-8-6-13/h11H,3-9H2,1-2H3,(H,15,16). The number of nitriles is 1. The average Bonchev–Trinajstić information content (AvgIpc) is 2.39. The fourth-order valence-corrected chi connectivity index (χ4v) is 2.76. The van der Waals surface area contributed by atoms with Crippen LogP contribution in [0, 0.1) is 16.7 Å². The third-order valence-electron chi connectivity index (χ3n) is 3.27. The van der Waals surface area contributed by atoms with Crippen LogP contribution in [0.25, 0.3) is 0 Å². The van der Waals surface area contributed by atoms with Crippen molar-refractivity contribution in [2.75, 3.05) is 24.7 Å². The predicted octanol–water partition coefficient (Wildman–Crippen LogP) is 1.95. The molecule has 1 fully saturated rings. The summed E-state index contributed by atoms with van der Waals surface area (Å²) in [4.78, 5) is 12.2. The predicted molar refractivity (Wildman–Crippen MR) is 73.3 cm³/mol. The Balaban J connectivity index is 2.45. The molecular formula is C13H22N2O2S. The van der Waals surface area contributed by atoms with Crippen LogP contribution in [0.4, 0.5) is 0 Å². The van der Waals surface area contributed by atoms with Crippen molar-refractivity contribution in [2.45, 2.75) is 39.2 Å². The van der Waals surface area contributed by atoms with Crippen molar-refractivity contribution in [3.8, 4) is 6.07 Å². The van der Waals surface area contributed by atoms with Crippen LogP contribution in [0.3, 0.4) is 0 Å². The van der Waals surface area contributed by atoms with Crippen LogP contribution < -0.4 is 5.32 Å². The van der Waals surface area contributed by atoms with E-state index in [0.717, 1.165) is 17.9 Å². The Bertz CT molecular complexity index is 309. The molecular weight excluding hydrogens is 248 g/mol. The van der Waals surface area contributed by atoms with Crippen molar-refractivity contribution in [3.05, 3.63) is 0 Å². The van der Waals surface area contributed by atoms with E-state index in [1.807, 2.05) is 18.7 Å². The van der Waals surface area contributed by atoms with Crippen LogP contribution in [-0.4, -0.2) is 36.7 Å². The molecule has 0 radical (unpaired) electrons. The largest absolute Gasteiger partial charge is 0.381 e. The second-order valence-corrected chi connectivity index (χ2v) is 6.06. The van der Waals surface area contributed by atoms with Gasteiger partial charge in [-0.15, -0.1) is 0 Å². The summed E-state index contributed by atoms with van der Waals surface area (Å²) >= 11 is 1.87. The van der Waals surface area contributed by atoms with Gasteiger partial charge >= 0.3 is 0 Å². The molecule has 0 spiro atoms. The highest BCUT2D eigenvalue weighted by atomic mass is 32.2. The quantitative estimate of drug-likeness (QED) is 0.749. The maximum absolute atomic E-state index is 12.2. The highest BCUT2D eigenvalue weighted by Gasteiger charge is 2.40. The number of carbonyl (C=O) groups is 1. The Labute approximate surface area is 113 Å². The van der Waals surface area contributed by atoms with Gasteiger partial charge in [-0.25, -0.2) is 0 Å². The maximum atomic E-state index is 12.2. The minimum Gasteiger partial charge on any atom is -0.381 e. The van der Waals surface area contributed by atoms with Gasteiger partial charge in [0.1, 0.15) is 5.41 Å². The minimum atomic E-state index is -0.871. The Morgan fingerprint density at radius 3 is 2.78 bits per heavy atom. The van der Waals surface area contributed by atoms with E-state index in [0.29, 0.717) is 26.1 Å². The van der Waals surface area contributed by atoms with Crippen LogP contribution in [0.15, 0.2) is 0 Å². The van der Waals surface area contributed by atoms with Crippen LogP contribution in [0.2, 0.25) is 0 Å². The maximum Gasteiger partial charge on any atom is 0.240 e. The Morgan fingerprint density at radius 2 is 2.22 bits per heavy atom. The monoisotopic (exact) mass is 270 g/mol. The summed E-state index contributed by atoms with van der Waals surface area (Å²) in [7, 11) is 0. The molecule has 18 heavy (non-hydrogen) atoms. The van der Waals surface area contributed by atoms with Gasteiger partial charge in [-0.2, -0.15) is 17.0 Å². The van der Waals surface area contributed by atoms with Crippen molar-refractivity contribution in [2.24, 2.45) is 5.41 Å².